The first-order chi connectivity index (χ1) is 13.8. The predicted molar refractivity (Wildman–Crippen MR) is 95.5 cm³/mol. The predicted octanol–water partition coefficient (Wildman–Crippen LogP) is 3.83. The Morgan fingerprint density at radius 1 is 1.03 bits per heavy atom. The van der Waals surface area contributed by atoms with Gasteiger partial charge in [0.2, 0.25) is 5.89 Å². The lowest BCUT2D eigenvalue weighted by atomic mass is 10.1. The van der Waals surface area contributed by atoms with Crippen molar-refractivity contribution in [2.75, 3.05) is 6.54 Å². The van der Waals surface area contributed by atoms with Crippen LogP contribution < -0.4 is 5.32 Å². The molecule has 0 radical (unpaired) electrons. The maximum Gasteiger partial charge on any atom is 0.416 e. The van der Waals surface area contributed by atoms with Gasteiger partial charge < -0.3 is 14.5 Å². The Morgan fingerprint density at radius 3 is 2.38 bits per heavy atom. The SMILES string of the molecule is O=C(CNC(=O)c1ccc(C(F)(F)F)cc1)OCc1ncc(-c2ccccc2)o1. The van der Waals surface area contributed by atoms with E-state index >= 15 is 0 Å². The van der Waals surface area contributed by atoms with Crippen LogP contribution >= 0.6 is 0 Å². The van der Waals surface area contributed by atoms with E-state index in [1.807, 2.05) is 30.3 Å². The van der Waals surface area contributed by atoms with E-state index in [9.17, 15) is 22.8 Å². The molecular formula is C20H15F3N2O4. The number of benzene rings is 2. The van der Waals surface area contributed by atoms with Gasteiger partial charge in [0.05, 0.1) is 11.8 Å². The van der Waals surface area contributed by atoms with E-state index < -0.39 is 30.2 Å². The molecule has 3 aromatic rings. The van der Waals surface area contributed by atoms with Crippen LogP contribution in [0.5, 0.6) is 0 Å². The van der Waals surface area contributed by atoms with Crippen LogP contribution in [0.25, 0.3) is 11.3 Å². The molecule has 0 atom stereocenters. The van der Waals surface area contributed by atoms with Crippen LogP contribution in [-0.4, -0.2) is 23.4 Å². The quantitative estimate of drug-likeness (QED) is 0.632. The van der Waals surface area contributed by atoms with Gasteiger partial charge in [-0.15, -0.1) is 0 Å². The summed E-state index contributed by atoms with van der Waals surface area (Å²) < 4.78 is 48.0. The van der Waals surface area contributed by atoms with Crippen molar-refractivity contribution in [3.63, 3.8) is 0 Å². The number of aromatic nitrogens is 1. The molecule has 2 aromatic carbocycles. The van der Waals surface area contributed by atoms with Crippen LogP contribution in [0.4, 0.5) is 13.2 Å². The standard InChI is InChI=1S/C20H15F3N2O4/c21-20(22,23)15-8-6-14(7-9-15)19(27)25-11-18(26)28-12-17-24-10-16(29-17)13-4-2-1-3-5-13/h1-10H,11-12H2,(H,25,27). The Bertz CT molecular complexity index is 983. The van der Waals surface area contributed by atoms with Crippen LogP contribution in [0.2, 0.25) is 0 Å². The van der Waals surface area contributed by atoms with E-state index in [0.29, 0.717) is 5.76 Å². The zero-order valence-electron chi connectivity index (χ0n) is 14.9. The summed E-state index contributed by atoms with van der Waals surface area (Å²) in [6, 6.07) is 12.9. The lowest BCUT2D eigenvalue weighted by molar-refractivity contribution is -0.144. The lowest BCUT2D eigenvalue weighted by Crippen LogP contribution is -2.30. The van der Waals surface area contributed by atoms with Gasteiger partial charge in [-0.2, -0.15) is 13.2 Å². The molecule has 1 amide bonds. The second kappa shape index (κ2) is 8.59. The molecule has 0 saturated carbocycles. The Morgan fingerprint density at radius 2 is 1.72 bits per heavy atom. The molecule has 0 spiro atoms. The molecule has 0 fully saturated rings. The minimum atomic E-state index is -4.49. The van der Waals surface area contributed by atoms with Crippen LogP contribution in [0.15, 0.2) is 65.2 Å². The third-order valence-electron chi connectivity index (χ3n) is 3.84. The number of esters is 1. The number of rotatable bonds is 6. The zero-order chi connectivity index (χ0) is 20.9. The van der Waals surface area contributed by atoms with Gasteiger partial charge in [0.1, 0.15) is 6.54 Å². The highest BCUT2D eigenvalue weighted by atomic mass is 19.4. The third kappa shape index (κ3) is 5.44. The highest BCUT2D eigenvalue weighted by molar-refractivity contribution is 5.95. The van der Waals surface area contributed by atoms with Gasteiger partial charge in [0, 0.05) is 11.1 Å². The molecule has 1 N–H and O–H groups in total. The van der Waals surface area contributed by atoms with Gasteiger partial charge in [-0.25, -0.2) is 4.98 Å². The fraction of sp³-hybridized carbons (Fsp3) is 0.150. The Kier molecular flexibility index (Phi) is 5.96. The normalized spacial score (nSPS) is 11.1. The number of carbonyl (C=O) groups is 2. The number of hydrogen-bond acceptors (Lipinski definition) is 5. The topological polar surface area (TPSA) is 81.4 Å². The Labute approximate surface area is 163 Å². The van der Waals surface area contributed by atoms with E-state index in [0.717, 1.165) is 29.8 Å². The van der Waals surface area contributed by atoms with Gasteiger partial charge >= 0.3 is 12.1 Å². The van der Waals surface area contributed by atoms with Crippen LogP contribution in [0.3, 0.4) is 0 Å². The molecule has 0 aliphatic rings. The number of alkyl halides is 3. The van der Waals surface area contributed by atoms with Crippen molar-refractivity contribution in [2.24, 2.45) is 0 Å². The fourth-order valence-corrected chi connectivity index (χ4v) is 2.37. The van der Waals surface area contributed by atoms with E-state index in [-0.39, 0.29) is 18.1 Å². The average Bonchev–Trinajstić information content (AvgIpc) is 3.20. The zero-order valence-corrected chi connectivity index (χ0v) is 14.9. The fourth-order valence-electron chi connectivity index (χ4n) is 2.37. The largest absolute Gasteiger partial charge is 0.454 e. The first-order valence-electron chi connectivity index (χ1n) is 8.44. The molecular weight excluding hydrogens is 389 g/mol. The highest BCUT2D eigenvalue weighted by Gasteiger charge is 2.30. The molecule has 0 aliphatic carbocycles. The maximum absolute atomic E-state index is 12.5. The molecule has 9 heteroatoms. The highest BCUT2D eigenvalue weighted by Crippen LogP contribution is 2.29. The lowest BCUT2D eigenvalue weighted by Gasteiger charge is -2.08. The number of halogens is 3. The van der Waals surface area contributed by atoms with Crippen molar-refractivity contribution in [1.29, 1.82) is 0 Å². The number of oxazole rings is 1. The number of hydrogen-bond donors (Lipinski definition) is 1. The summed E-state index contributed by atoms with van der Waals surface area (Å²) in [6.07, 6.45) is -2.98. The molecule has 0 aliphatic heterocycles. The molecule has 1 heterocycles. The number of carbonyl (C=O) groups excluding carboxylic acids is 2. The van der Waals surface area contributed by atoms with Gasteiger partial charge in [-0.1, -0.05) is 30.3 Å². The van der Waals surface area contributed by atoms with Crippen molar-refractivity contribution in [3.8, 4) is 11.3 Å². The van der Waals surface area contributed by atoms with Gasteiger partial charge in [0.15, 0.2) is 12.4 Å². The van der Waals surface area contributed by atoms with Gasteiger partial charge in [0.25, 0.3) is 5.91 Å². The molecule has 1 aromatic heterocycles. The minimum Gasteiger partial charge on any atom is -0.454 e. The Balaban J connectivity index is 1.46. The van der Waals surface area contributed by atoms with E-state index in [1.54, 1.807) is 0 Å². The molecule has 0 saturated heterocycles. The summed E-state index contributed by atoms with van der Waals surface area (Å²) in [4.78, 5) is 27.7. The molecule has 3 rings (SSSR count). The second-order valence-electron chi connectivity index (χ2n) is 5.90. The van der Waals surface area contributed by atoms with Crippen LogP contribution in [-0.2, 0) is 22.3 Å². The summed E-state index contributed by atoms with van der Waals surface area (Å²) in [5.41, 5.74) is -0.0540. The summed E-state index contributed by atoms with van der Waals surface area (Å²) >= 11 is 0. The number of ether oxygens (including phenoxy) is 1. The molecule has 6 nitrogen and oxygen atoms in total. The minimum absolute atomic E-state index is 0.00833. The molecule has 150 valence electrons. The van der Waals surface area contributed by atoms with E-state index in [1.165, 1.54) is 6.20 Å². The maximum atomic E-state index is 12.5. The van der Waals surface area contributed by atoms with Crippen LogP contribution in [0.1, 0.15) is 21.8 Å². The summed E-state index contributed by atoms with van der Waals surface area (Å²) in [5.74, 6) is -0.735. The van der Waals surface area contributed by atoms with Crippen LogP contribution in [0, 0.1) is 0 Å². The Hall–Kier alpha value is -3.62. The third-order valence-corrected chi connectivity index (χ3v) is 3.84. The molecule has 0 bridgehead atoms. The molecule has 29 heavy (non-hydrogen) atoms. The monoisotopic (exact) mass is 404 g/mol. The van der Waals surface area contributed by atoms with Crippen molar-refractivity contribution in [3.05, 3.63) is 77.8 Å². The van der Waals surface area contributed by atoms with Crippen molar-refractivity contribution in [1.82, 2.24) is 10.3 Å². The summed E-state index contributed by atoms with van der Waals surface area (Å²) in [5, 5.41) is 2.28. The van der Waals surface area contributed by atoms with E-state index in [2.05, 4.69) is 10.3 Å². The first kappa shape index (κ1) is 20.1. The molecule has 0 unspecified atom stereocenters. The average molecular weight is 404 g/mol. The number of amides is 1. The summed E-state index contributed by atoms with van der Waals surface area (Å²) in [7, 11) is 0. The van der Waals surface area contributed by atoms with Gasteiger partial charge in [-0.05, 0) is 24.3 Å². The second-order valence-corrected chi connectivity index (χ2v) is 5.90. The number of nitrogens with one attached hydrogen (secondary N) is 1. The van der Waals surface area contributed by atoms with Crippen molar-refractivity contribution >= 4 is 11.9 Å². The smallest absolute Gasteiger partial charge is 0.416 e. The van der Waals surface area contributed by atoms with Crippen molar-refractivity contribution < 1.29 is 31.9 Å². The van der Waals surface area contributed by atoms with Gasteiger partial charge in [-0.3, -0.25) is 9.59 Å². The first-order valence-corrected chi connectivity index (χ1v) is 8.44. The summed E-state index contributed by atoms with van der Waals surface area (Å²) in [6.45, 7) is -0.673. The number of nitrogens with zero attached hydrogens (tertiary/aromatic N) is 1. The van der Waals surface area contributed by atoms with Crippen molar-refractivity contribution in [2.45, 2.75) is 12.8 Å². The van der Waals surface area contributed by atoms with E-state index in [4.69, 9.17) is 9.15 Å².